The van der Waals surface area contributed by atoms with E-state index in [0.29, 0.717) is 31.0 Å². The summed E-state index contributed by atoms with van der Waals surface area (Å²) in [5.74, 6) is 1.41. The molecule has 140 valence electrons. The maximum Gasteiger partial charge on any atom is 0.245 e. The molecule has 0 saturated heterocycles. The third kappa shape index (κ3) is 6.58. The second-order valence-electron chi connectivity index (χ2n) is 6.24. The lowest BCUT2D eigenvalue weighted by atomic mass is 10.2. The molecule has 0 aliphatic heterocycles. The molecular formula is C19H25N3O4. The molecule has 0 aliphatic carbocycles. The summed E-state index contributed by atoms with van der Waals surface area (Å²) in [7, 11) is 1.61. The summed E-state index contributed by atoms with van der Waals surface area (Å²) in [5, 5.41) is 6.27. The summed E-state index contributed by atoms with van der Waals surface area (Å²) in [6.07, 6.45) is 1.86. The van der Waals surface area contributed by atoms with Crippen molar-refractivity contribution in [3.63, 3.8) is 0 Å². The van der Waals surface area contributed by atoms with Gasteiger partial charge in [0, 0.05) is 19.5 Å². The highest BCUT2D eigenvalue weighted by molar-refractivity contribution is 5.93. The number of amides is 2. The predicted molar refractivity (Wildman–Crippen MR) is 98.0 cm³/mol. The summed E-state index contributed by atoms with van der Waals surface area (Å²) >= 11 is 0. The molecule has 0 atom stereocenters. The molecule has 0 unspecified atom stereocenters. The summed E-state index contributed by atoms with van der Waals surface area (Å²) < 4.78 is 10.5. The highest BCUT2D eigenvalue weighted by Crippen LogP contribution is 2.13. The molecule has 0 spiro atoms. The van der Waals surface area contributed by atoms with Gasteiger partial charge in [0.05, 0.1) is 13.2 Å². The molecule has 0 saturated carbocycles. The van der Waals surface area contributed by atoms with E-state index in [0.717, 1.165) is 17.7 Å². The first kappa shape index (κ1) is 19.5. The number of carbonyl (C=O) groups excluding carboxylic acids is 2. The number of likely N-dealkylation sites (N-methyl/N-ethyl adjacent to an activating group) is 1. The average Bonchev–Trinajstić information content (AvgIpc) is 2.99. The number of aryl methyl sites for hydroxylation is 2. The van der Waals surface area contributed by atoms with Gasteiger partial charge in [0.15, 0.2) is 5.82 Å². The van der Waals surface area contributed by atoms with E-state index < -0.39 is 0 Å². The monoisotopic (exact) mass is 359 g/mol. The number of hydrogen-bond donors (Lipinski definition) is 1. The van der Waals surface area contributed by atoms with Gasteiger partial charge in [0.25, 0.3) is 0 Å². The molecule has 0 radical (unpaired) electrons. The normalized spacial score (nSPS) is 10.4. The molecule has 2 amide bonds. The topological polar surface area (TPSA) is 84.7 Å². The van der Waals surface area contributed by atoms with Crippen LogP contribution < -0.4 is 10.1 Å². The number of hydrogen-bond acceptors (Lipinski definition) is 5. The first-order chi connectivity index (χ1) is 12.4. The van der Waals surface area contributed by atoms with E-state index in [1.165, 1.54) is 4.90 Å². The molecule has 0 fully saturated rings. The molecule has 1 N–H and O–H groups in total. The number of benzene rings is 1. The van der Waals surface area contributed by atoms with Gasteiger partial charge in [-0.2, -0.15) is 0 Å². The van der Waals surface area contributed by atoms with Gasteiger partial charge in [0.2, 0.25) is 11.8 Å². The maximum absolute atomic E-state index is 12.1. The molecular weight excluding hydrogens is 334 g/mol. The highest BCUT2D eigenvalue weighted by Gasteiger charge is 2.14. The summed E-state index contributed by atoms with van der Waals surface area (Å²) in [6, 6.07) is 9.48. The number of nitrogens with zero attached hydrogens (tertiary/aromatic N) is 2. The number of unbranched alkanes of at least 4 members (excludes halogenated alkanes) is 1. The molecule has 1 aromatic heterocycles. The van der Waals surface area contributed by atoms with Crippen LogP contribution in [0.5, 0.6) is 5.75 Å². The van der Waals surface area contributed by atoms with Crippen LogP contribution in [0.4, 0.5) is 5.82 Å². The zero-order chi connectivity index (χ0) is 18.9. The van der Waals surface area contributed by atoms with Gasteiger partial charge in [-0.05, 0) is 44.4 Å². The predicted octanol–water partition coefficient (Wildman–Crippen LogP) is 2.94. The van der Waals surface area contributed by atoms with Crippen molar-refractivity contribution in [1.82, 2.24) is 10.1 Å². The van der Waals surface area contributed by atoms with E-state index in [4.69, 9.17) is 9.26 Å². The fraction of sp³-hybridized carbons (Fsp3) is 0.421. The van der Waals surface area contributed by atoms with Crippen LogP contribution in [0.3, 0.4) is 0 Å². The van der Waals surface area contributed by atoms with Crippen LogP contribution >= 0.6 is 0 Å². The summed E-state index contributed by atoms with van der Waals surface area (Å²) in [4.78, 5) is 25.4. The van der Waals surface area contributed by atoms with Crippen LogP contribution in [0.2, 0.25) is 0 Å². The standard InChI is InChI=1S/C19H25N3O4/c1-14-7-6-8-16(11-14)25-10-5-4-9-19(24)22(3)13-18(23)20-17-12-15(2)26-21-17/h6-8,11-12H,4-5,9-10,13H2,1-3H3,(H,20,21,23). The Morgan fingerprint density at radius 3 is 2.73 bits per heavy atom. The molecule has 1 heterocycles. The van der Waals surface area contributed by atoms with Crippen LogP contribution in [0.25, 0.3) is 0 Å². The van der Waals surface area contributed by atoms with Crippen molar-refractivity contribution in [3.8, 4) is 5.75 Å². The lowest BCUT2D eigenvalue weighted by Crippen LogP contribution is -2.34. The first-order valence-corrected chi connectivity index (χ1v) is 8.60. The molecule has 2 aromatic rings. The maximum atomic E-state index is 12.1. The number of nitrogens with one attached hydrogen (secondary N) is 1. The zero-order valence-electron chi connectivity index (χ0n) is 15.4. The van der Waals surface area contributed by atoms with Crippen LogP contribution in [0, 0.1) is 13.8 Å². The van der Waals surface area contributed by atoms with E-state index >= 15 is 0 Å². The largest absolute Gasteiger partial charge is 0.494 e. The number of anilines is 1. The number of aromatic nitrogens is 1. The van der Waals surface area contributed by atoms with Crippen molar-refractivity contribution in [1.29, 1.82) is 0 Å². The fourth-order valence-electron chi connectivity index (χ4n) is 2.38. The third-order valence-electron chi connectivity index (χ3n) is 3.75. The van der Waals surface area contributed by atoms with E-state index in [1.54, 1.807) is 20.0 Å². The van der Waals surface area contributed by atoms with E-state index in [9.17, 15) is 9.59 Å². The van der Waals surface area contributed by atoms with Gasteiger partial charge in [-0.15, -0.1) is 0 Å². The van der Waals surface area contributed by atoms with Gasteiger partial charge in [-0.1, -0.05) is 17.3 Å². The lowest BCUT2D eigenvalue weighted by Gasteiger charge is -2.16. The Hall–Kier alpha value is -2.83. The van der Waals surface area contributed by atoms with Crippen molar-refractivity contribution in [2.45, 2.75) is 33.1 Å². The van der Waals surface area contributed by atoms with Gasteiger partial charge < -0.3 is 19.5 Å². The minimum absolute atomic E-state index is 0.0233. The van der Waals surface area contributed by atoms with Gasteiger partial charge >= 0.3 is 0 Å². The summed E-state index contributed by atoms with van der Waals surface area (Å²) in [6.45, 7) is 4.29. The van der Waals surface area contributed by atoms with Crippen LogP contribution in [0.1, 0.15) is 30.6 Å². The van der Waals surface area contributed by atoms with Crippen molar-refractivity contribution < 1.29 is 18.8 Å². The average molecular weight is 359 g/mol. The van der Waals surface area contributed by atoms with Gasteiger partial charge in [0.1, 0.15) is 11.5 Å². The second-order valence-corrected chi connectivity index (χ2v) is 6.24. The first-order valence-electron chi connectivity index (χ1n) is 8.60. The zero-order valence-corrected chi connectivity index (χ0v) is 15.4. The molecule has 0 bridgehead atoms. The van der Waals surface area contributed by atoms with Crippen molar-refractivity contribution in [3.05, 3.63) is 41.7 Å². The van der Waals surface area contributed by atoms with Gasteiger partial charge in [-0.25, -0.2) is 0 Å². The van der Waals surface area contributed by atoms with Crippen LogP contribution in [-0.2, 0) is 9.59 Å². The Balaban J connectivity index is 1.61. The Morgan fingerprint density at radius 2 is 2.04 bits per heavy atom. The Bertz CT molecular complexity index is 742. The Kier molecular flexibility index (Phi) is 7.20. The Morgan fingerprint density at radius 1 is 1.23 bits per heavy atom. The lowest BCUT2D eigenvalue weighted by molar-refractivity contribution is -0.133. The Labute approximate surface area is 153 Å². The van der Waals surface area contributed by atoms with Gasteiger partial charge in [-0.3, -0.25) is 9.59 Å². The number of rotatable bonds is 9. The molecule has 7 heteroatoms. The smallest absolute Gasteiger partial charge is 0.245 e. The molecule has 26 heavy (non-hydrogen) atoms. The minimum atomic E-state index is -0.308. The van der Waals surface area contributed by atoms with Crippen molar-refractivity contribution in [2.75, 3.05) is 25.5 Å². The summed E-state index contributed by atoms with van der Waals surface area (Å²) in [5.41, 5.74) is 1.15. The SMILES string of the molecule is Cc1cccc(OCCCCC(=O)N(C)CC(=O)Nc2cc(C)on2)c1. The van der Waals surface area contributed by atoms with E-state index in [2.05, 4.69) is 10.5 Å². The van der Waals surface area contributed by atoms with Crippen LogP contribution in [-0.4, -0.2) is 42.1 Å². The van der Waals surface area contributed by atoms with E-state index in [-0.39, 0.29) is 18.4 Å². The minimum Gasteiger partial charge on any atom is -0.494 e. The van der Waals surface area contributed by atoms with Crippen molar-refractivity contribution >= 4 is 17.6 Å². The third-order valence-corrected chi connectivity index (χ3v) is 3.75. The quantitative estimate of drug-likeness (QED) is 0.696. The second kappa shape index (κ2) is 9.60. The molecule has 0 aliphatic rings. The fourth-order valence-corrected chi connectivity index (χ4v) is 2.38. The highest BCUT2D eigenvalue weighted by atomic mass is 16.5. The van der Waals surface area contributed by atoms with E-state index in [1.807, 2.05) is 31.2 Å². The van der Waals surface area contributed by atoms with Crippen molar-refractivity contribution in [2.24, 2.45) is 0 Å². The molecule has 2 rings (SSSR count). The van der Waals surface area contributed by atoms with Crippen LogP contribution in [0.15, 0.2) is 34.9 Å². The molecule has 1 aromatic carbocycles. The number of ether oxygens (including phenoxy) is 1. The number of carbonyl (C=O) groups is 2. The molecule has 7 nitrogen and oxygen atoms in total.